The second-order valence-electron chi connectivity index (χ2n) is 5.21. The molecule has 6 nitrogen and oxygen atoms in total. The van der Waals surface area contributed by atoms with Gasteiger partial charge in [0.25, 0.3) is 0 Å². The summed E-state index contributed by atoms with van der Waals surface area (Å²) in [5.74, 6) is 0.687. The molecule has 0 aliphatic heterocycles. The van der Waals surface area contributed by atoms with Crippen molar-refractivity contribution >= 4 is 43.9 Å². The normalized spacial score (nSPS) is 11.5. The van der Waals surface area contributed by atoms with Gasteiger partial charge in [-0.05, 0) is 34.1 Å². The van der Waals surface area contributed by atoms with Crippen LogP contribution in [0.4, 0.5) is 0 Å². The summed E-state index contributed by atoms with van der Waals surface area (Å²) >= 11 is 5.06. The van der Waals surface area contributed by atoms with E-state index in [9.17, 15) is 0 Å². The minimum atomic E-state index is 0.687. The number of halogens is 1. The molecule has 0 amide bonds. The van der Waals surface area contributed by atoms with Gasteiger partial charge < -0.3 is 0 Å². The quantitative estimate of drug-likeness (QED) is 0.453. The third-order valence-electron chi connectivity index (χ3n) is 3.69. The molecule has 4 aromatic heterocycles. The van der Waals surface area contributed by atoms with Crippen molar-refractivity contribution in [3.63, 3.8) is 0 Å². The van der Waals surface area contributed by atoms with Crippen molar-refractivity contribution in [1.82, 2.24) is 29.4 Å². The summed E-state index contributed by atoms with van der Waals surface area (Å²) in [5.41, 5.74) is 2.48. The van der Waals surface area contributed by atoms with Gasteiger partial charge in [-0.2, -0.15) is 5.10 Å². The zero-order chi connectivity index (χ0) is 16.1. The lowest BCUT2D eigenvalue weighted by molar-refractivity contribution is 0.883. The summed E-state index contributed by atoms with van der Waals surface area (Å²) in [6, 6.07) is 11.9. The Morgan fingerprint density at radius 2 is 1.96 bits per heavy atom. The first kappa shape index (κ1) is 13.8. The predicted molar refractivity (Wildman–Crippen MR) is 96.4 cm³/mol. The Hall–Kier alpha value is -2.58. The van der Waals surface area contributed by atoms with Crippen LogP contribution in [0.25, 0.3) is 33.1 Å². The number of thiophene rings is 1. The van der Waals surface area contributed by atoms with Gasteiger partial charge in [-0.15, -0.1) is 16.4 Å². The van der Waals surface area contributed by atoms with Crippen LogP contribution in [0.2, 0.25) is 0 Å². The van der Waals surface area contributed by atoms with Crippen LogP contribution in [0, 0.1) is 0 Å². The molecule has 4 heterocycles. The summed E-state index contributed by atoms with van der Waals surface area (Å²) < 4.78 is 4.54. The zero-order valence-corrected chi connectivity index (χ0v) is 14.6. The minimum Gasteiger partial charge on any atom is -0.216 e. The highest BCUT2D eigenvalue weighted by molar-refractivity contribution is 9.10. The predicted octanol–water partition coefficient (Wildman–Crippen LogP) is 3.95. The van der Waals surface area contributed by atoms with Gasteiger partial charge >= 0.3 is 0 Å². The fourth-order valence-electron chi connectivity index (χ4n) is 2.61. The van der Waals surface area contributed by atoms with Gasteiger partial charge in [-0.3, -0.25) is 0 Å². The number of aromatic nitrogens is 6. The van der Waals surface area contributed by atoms with E-state index in [1.807, 2.05) is 46.5 Å². The number of hydrogen-bond acceptors (Lipinski definition) is 5. The van der Waals surface area contributed by atoms with E-state index in [0.29, 0.717) is 5.82 Å². The Morgan fingerprint density at radius 3 is 2.75 bits per heavy atom. The van der Waals surface area contributed by atoms with Gasteiger partial charge in [0, 0.05) is 9.85 Å². The van der Waals surface area contributed by atoms with Crippen molar-refractivity contribution in [1.29, 1.82) is 0 Å². The van der Waals surface area contributed by atoms with Crippen LogP contribution in [-0.2, 0) is 0 Å². The summed E-state index contributed by atoms with van der Waals surface area (Å²) in [6.07, 6.45) is 3.46. The number of hydrogen-bond donors (Lipinski definition) is 0. The number of para-hydroxylation sites is 1. The molecule has 0 fully saturated rings. The van der Waals surface area contributed by atoms with Crippen LogP contribution in [0.1, 0.15) is 0 Å². The highest BCUT2D eigenvalue weighted by Crippen LogP contribution is 2.29. The van der Waals surface area contributed by atoms with Gasteiger partial charge in [0.1, 0.15) is 6.33 Å². The third-order valence-corrected chi connectivity index (χ3v) is 5.38. The molecule has 0 N–H and O–H groups in total. The number of benzene rings is 1. The second-order valence-corrected chi connectivity index (χ2v) is 7.03. The van der Waals surface area contributed by atoms with Crippen LogP contribution < -0.4 is 0 Å². The van der Waals surface area contributed by atoms with E-state index in [2.05, 4.69) is 36.1 Å². The first-order chi connectivity index (χ1) is 11.8. The van der Waals surface area contributed by atoms with E-state index in [4.69, 9.17) is 0 Å². The summed E-state index contributed by atoms with van der Waals surface area (Å²) in [6.45, 7) is 0. The van der Waals surface area contributed by atoms with E-state index >= 15 is 0 Å². The summed E-state index contributed by atoms with van der Waals surface area (Å²) in [4.78, 5) is 10.2. The lowest BCUT2D eigenvalue weighted by Crippen LogP contribution is -1.98. The molecule has 5 rings (SSSR count). The molecule has 5 aromatic rings. The first-order valence-electron chi connectivity index (χ1n) is 7.18. The monoisotopic (exact) mass is 396 g/mol. The lowest BCUT2D eigenvalue weighted by atomic mass is 10.3. The zero-order valence-electron chi connectivity index (χ0n) is 12.2. The molecule has 0 atom stereocenters. The molecule has 24 heavy (non-hydrogen) atoms. The van der Waals surface area contributed by atoms with E-state index in [-0.39, 0.29) is 0 Å². The van der Waals surface area contributed by atoms with Crippen LogP contribution in [-0.4, -0.2) is 29.4 Å². The Kier molecular flexibility index (Phi) is 3.00. The molecule has 0 aliphatic rings. The highest BCUT2D eigenvalue weighted by atomic mass is 79.9. The van der Waals surface area contributed by atoms with Gasteiger partial charge in [0.15, 0.2) is 17.1 Å². The van der Waals surface area contributed by atoms with Crippen LogP contribution in [0.5, 0.6) is 0 Å². The largest absolute Gasteiger partial charge is 0.216 e. The van der Waals surface area contributed by atoms with Gasteiger partial charge in [-0.1, -0.05) is 18.2 Å². The fourth-order valence-corrected chi connectivity index (χ4v) is 3.97. The number of fused-ring (bicyclic) bond motifs is 3. The molecule has 0 aliphatic carbocycles. The van der Waals surface area contributed by atoms with Crippen molar-refractivity contribution in [3.8, 4) is 16.4 Å². The van der Waals surface area contributed by atoms with Crippen LogP contribution >= 0.6 is 27.3 Å². The Bertz CT molecular complexity index is 1170. The maximum atomic E-state index is 4.68. The summed E-state index contributed by atoms with van der Waals surface area (Å²) in [7, 11) is 0. The molecular weight excluding hydrogens is 388 g/mol. The lowest BCUT2D eigenvalue weighted by Gasteiger charge is -2.01. The van der Waals surface area contributed by atoms with E-state index < -0.39 is 0 Å². The first-order valence-corrected chi connectivity index (χ1v) is 8.86. The topological polar surface area (TPSA) is 60.9 Å². The standard InChI is InChI=1S/C16H9BrN6S/c17-10-6-13(24-8-10)14-20-16-12-7-19-23(11-4-2-1-3-5-11)15(12)18-9-22(16)21-14/h1-9H. The highest BCUT2D eigenvalue weighted by Gasteiger charge is 2.15. The average molecular weight is 397 g/mol. The average Bonchev–Trinajstić information content (AvgIpc) is 3.31. The van der Waals surface area contributed by atoms with Crippen LogP contribution in [0.3, 0.4) is 0 Å². The van der Waals surface area contributed by atoms with Crippen molar-refractivity contribution in [2.75, 3.05) is 0 Å². The molecule has 116 valence electrons. The molecular formula is C16H9BrN6S. The second kappa shape index (κ2) is 5.22. The Morgan fingerprint density at radius 1 is 1.08 bits per heavy atom. The van der Waals surface area contributed by atoms with Crippen LogP contribution in [0.15, 0.2) is 58.8 Å². The molecule has 0 saturated carbocycles. The van der Waals surface area contributed by atoms with Crippen molar-refractivity contribution in [3.05, 3.63) is 58.8 Å². The van der Waals surface area contributed by atoms with E-state index in [1.54, 1.807) is 28.4 Å². The fraction of sp³-hybridized carbons (Fsp3) is 0. The molecule has 0 saturated heterocycles. The van der Waals surface area contributed by atoms with Crippen molar-refractivity contribution in [2.24, 2.45) is 0 Å². The van der Waals surface area contributed by atoms with Crippen molar-refractivity contribution in [2.45, 2.75) is 0 Å². The molecule has 0 spiro atoms. The molecule has 1 aromatic carbocycles. The van der Waals surface area contributed by atoms with E-state index in [1.165, 1.54) is 0 Å². The smallest absolute Gasteiger partial charge is 0.192 e. The summed E-state index contributed by atoms with van der Waals surface area (Å²) in [5, 5.41) is 11.9. The molecule has 0 radical (unpaired) electrons. The van der Waals surface area contributed by atoms with Crippen molar-refractivity contribution < 1.29 is 0 Å². The van der Waals surface area contributed by atoms with Gasteiger partial charge in [0.05, 0.1) is 22.1 Å². The van der Waals surface area contributed by atoms with Gasteiger partial charge in [-0.25, -0.2) is 19.2 Å². The maximum absolute atomic E-state index is 4.68. The Balaban J connectivity index is 1.73. The Labute approximate surface area is 148 Å². The number of rotatable bonds is 2. The molecule has 0 bridgehead atoms. The maximum Gasteiger partial charge on any atom is 0.192 e. The molecule has 0 unspecified atom stereocenters. The van der Waals surface area contributed by atoms with Gasteiger partial charge in [0.2, 0.25) is 0 Å². The molecule has 8 heteroatoms. The number of nitrogens with zero attached hydrogens (tertiary/aromatic N) is 6. The third kappa shape index (κ3) is 2.07. The van der Waals surface area contributed by atoms with E-state index in [0.717, 1.165) is 31.7 Å². The minimum absolute atomic E-state index is 0.687. The SMILES string of the molecule is Brc1csc(-c2nc3c4cnn(-c5ccccc5)c4ncn3n2)c1.